The maximum Gasteiger partial charge on any atom is 0.374 e. The third-order valence-corrected chi connectivity index (χ3v) is 3.63. The highest BCUT2D eigenvalue weighted by atomic mass is 16.7. The minimum atomic E-state index is -1.40. The van der Waals surface area contributed by atoms with E-state index in [0.717, 1.165) is 5.56 Å². The van der Waals surface area contributed by atoms with E-state index in [0.29, 0.717) is 19.3 Å². The number of nitrogens with zero attached hydrogens (tertiary/aromatic N) is 1. The third kappa shape index (κ3) is 4.08. The van der Waals surface area contributed by atoms with Crippen LogP contribution in [-0.4, -0.2) is 45.0 Å². The van der Waals surface area contributed by atoms with E-state index in [1.54, 1.807) is 0 Å². The van der Waals surface area contributed by atoms with Gasteiger partial charge in [-0.25, -0.2) is 9.59 Å². The van der Waals surface area contributed by atoms with Gasteiger partial charge in [0.1, 0.15) is 5.57 Å². The SMILES string of the molecule is O=C(O)C1=C(C(=O)O)[C@@H](CCCCO)N(Cc2ccccc2)O1. The number of unbranched alkanes of at least 4 members (excludes halogenated alkanes) is 1. The molecule has 0 aromatic heterocycles. The second kappa shape index (κ2) is 7.75. The molecule has 1 aliphatic heterocycles. The molecule has 0 fully saturated rings. The van der Waals surface area contributed by atoms with Crippen molar-refractivity contribution in [2.45, 2.75) is 31.8 Å². The molecule has 23 heavy (non-hydrogen) atoms. The summed E-state index contributed by atoms with van der Waals surface area (Å²) in [7, 11) is 0. The number of hydrogen-bond donors (Lipinski definition) is 3. The molecule has 0 aliphatic carbocycles. The van der Waals surface area contributed by atoms with Crippen LogP contribution in [0.4, 0.5) is 0 Å². The fraction of sp³-hybridized carbons (Fsp3) is 0.375. The van der Waals surface area contributed by atoms with E-state index in [-0.39, 0.29) is 18.7 Å². The van der Waals surface area contributed by atoms with E-state index in [4.69, 9.17) is 9.94 Å². The fourth-order valence-corrected chi connectivity index (χ4v) is 2.56. The summed E-state index contributed by atoms with van der Waals surface area (Å²) in [5, 5.41) is 28.8. The summed E-state index contributed by atoms with van der Waals surface area (Å²) in [5.41, 5.74) is 0.641. The van der Waals surface area contributed by atoms with Gasteiger partial charge in [-0.05, 0) is 24.8 Å². The van der Waals surface area contributed by atoms with Gasteiger partial charge >= 0.3 is 11.9 Å². The van der Waals surface area contributed by atoms with Gasteiger partial charge in [-0.1, -0.05) is 30.3 Å². The summed E-state index contributed by atoms with van der Waals surface area (Å²) in [6.45, 7) is 0.280. The highest BCUT2D eigenvalue weighted by molar-refractivity contribution is 5.98. The molecule has 1 aliphatic rings. The zero-order valence-corrected chi connectivity index (χ0v) is 12.5. The van der Waals surface area contributed by atoms with Crippen LogP contribution in [-0.2, 0) is 21.0 Å². The smallest absolute Gasteiger partial charge is 0.374 e. The summed E-state index contributed by atoms with van der Waals surface area (Å²) in [5.74, 6) is -3.24. The topological polar surface area (TPSA) is 107 Å². The molecular formula is C16H19NO6. The molecule has 7 heteroatoms. The number of hydroxylamine groups is 2. The van der Waals surface area contributed by atoms with E-state index < -0.39 is 23.7 Å². The number of rotatable bonds is 8. The lowest BCUT2D eigenvalue weighted by Crippen LogP contribution is -2.32. The van der Waals surface area contributed by atoms with E-state index >= 15 is 0 Å². The lowest BCUT2D eigenvalue weighted by molar-refractivity contribution is -0.158. The Morgan fingerprint density at radius 2 is 1.78 bits per heavy atom. The summed E-state index contributed by atoms with van der Waals surface area (Å²) in [6.07, 6.45) is 1.48. The van der Waals surface area contributed by atoms with Gasteiger partial charge in [-0.15, -0.1) is 5.06 Å². The molecule has 0 spiro atoms. The summed E-state index contributed by atoms with van der Waals surface area (Å²) in [4.78, 5) is 28.1. The van der Waals surface area contributed by atoms with Crippen LogP contribution in [0.1, 0.15) is 24.8 Å². The Balaban J connectivity index is 2.24. The van der Waals surface area contributed by atoms with Gasteiger partial charge in [0.2, 0.25) is 5.76 Å². The van der Waals surface area contributed by atoms with Crippen LogP contribution in [0.5, 0.6) is 0 Å². The lowest BCUT2D eigenvalue weighted by Gasteiger charge is -2.23. The number of carbonyl (C=O) groups is 2. The van der Waals surface area contributed by atoms with Crippen molar-refractivity contribution in [3.63, 3.8) is 0 Å². The minimum absolute atomic E-state index is 0.00414. The number of aliphatic hydroxyl groups excluding tert-OH is 1. The van der Waals surface area contributed by atoms with Crippen LogP contribution < -0.4 is 0 Å². The monoisotopic (exact) mass is 321 g/mol. The Morgan fingerprint density at radius 1 is 1.09 bits per heavy atom. The molecule has 0 bridgehead atoms. The average Bonchev–Trinajstić information content (AvgIpc) is 2.88. The Hall–Kier alpha value is -2.38. The Bertz CT molecular complexity index is 598. The van der Waals surface area contributed by atoms with Crippen molar-refractivity contribution in [2.75, 3.05) is 6.61 Å². The summed E-state index contributed by atoms with van der Waals surface area (Å²) < 4.78 is 0. The highest BCUT2D eigenvalue weighted by Gasteiger charge is 2.41. The zero-order chi connectivity index (χ0) is 16.8. The van der Waals surface area contributed by atoms with E-state index in [1.165, 1.54) is 5.06 Å². The molecule has 7 nitrogen and oxygen atoms in total. The highest BCUT2D eigenvalue weighted by Crippen LogP contribution is 2.31. The van der Waals surface area contributed by atoms with Gasteiger partial charge in [-0.3, -0.25) is 0 Å². The molecule has 1 atom stereocenters. The first-order valence-electron chi connectivity index (χ1n) is 7.34. The van der Waals surface area contributed by atoms with Gasteiger partial charge in [0.25, 0.3) is 0 Å². The standard InChI is InChI=1S/C16H19NO6/c18-9-5-4-8-12-13(15(19)20)14(16(21)22)23-17(12)10-11-6-2-1-3-7-11/h1-3,6-7,12,18H,4-5,8-10H2,(H,19,20)(H,21,22)/t12-/m1/s1. The van der Waals surface area contributed by atoms with Crippen molar-refractivity contribution in [1.82, 2.24) is 5.06 Å². The molecule has 0 amide bonds. The first-order chi connectivity index (χ1) is 11.0. The lowest BCUT2D eigenvalue weighted by atomic mass is 10.00. The van der Waals surface area contributed by atoms with Crippen molar-refractivity contribution < 1.29 is 29.7 Å². The van der Waals surface area contributed by atoms with Gasteiger partial charge in [0.15, 0.2) is 0 Å². The number of carboxylic acid groups (broad SMARTS) is 2. The van der Waals surface area contributed by atoms with Crippen LogP contribution >= 0.6 is 0 Å². The number of aliphatic carboxylic acids is 2. The summed E-state index contributed by atoms with van der Waals surface area (Å²) >= 11 is 0. The number of aliphatic hydroxyl groups is 1. The van der Waals surface area contributed by atoms with E-state index in [2.05, 4.69) is 0 Å². The molecule has 124 valence electrons. The number of benzene rings is 1. The molecule has 0 saturated heterocycles. The first kappa shape index (κ1) is 17.0. The maximum absolute atomic E-state index is 11.5. The Labute approximate surface area is 133 Å². The van der Waals surface area contributed by atoms with E-state index in [1.807, 2.05) is 30.3 Å². The predicted molar refractivity (Wildman–Crippen MR) is 80.1 cm³/mol. The molecule has 1 aromatic rings. The predicted octanol–water partition coefficient (Wildman–Crippen LogP) is 1.39. The molecule has 1 heterocycles. The van der Waals surface area contributed by atoms with Crippen LogP contribution in [0.25, 0.3) is 0 Å². The second-order valence-corrected chi connectivity index (χ2v) is 5.24. The van der Waals surface area contributed by atoms with Crippen molar-refractivity contribution in [1.29, 1.82) is 0 Å². The first-order valence-corrected chi connectivity index (χ1v) is 7.34. The van der Waals surface area contributed by atoms with Crippen LogP contribution in [0, 0.1) is 0 Å². The summed E-state index contributed by atoms with van der Waals surface area (Å²) in [6, 6.07) is 8.59. The van der Waals surface area contributed by atoms with Crippen molar-refractivity contribution >= 4 is 11.9 Å². The molecule has 0 saturated carbocycles. The quantitative estimate of drug-likeness (QED) is 0.621. The molecule has 1 aromatic carbocycles. The zero-order valence-electron chi connectivity index (χ0n) is 12.5. The average molecular weight is 321 g/mol. The van der Waals surface area contributed by atoms with Gasteiger partial charge in [0.05, 0.1) is 12.6 Å². The second-order valence-electron chi connectivity index (χ2n) is 5.24. The third-order valence-electron chi connectivity index (χ3n) is 3.63. The molecule has 3 N–H and O–H groups in total. The number of carboxylic acids is 2. The number of hydrogen-bond acceptors (Lipinski definition) is 5. The maximum atomic E-state index is 11.5. The van der Waals surface area contributed by atoms with Crippen molar-refractivity contribution in [3.05, 3.63) is 47.2 Å². The molecular weight excluding hydrogens is 302 g/mol. The van der Waals surface area contributed by atoms with Gasteiger partial charge in [-0.2, -0.15) is 0 Å². The molecule has 0 radical (unpaired) electrons. The fourth-order valence-electron chi connectivity index (χ4n) is 2.56. The van der Waals surface area contributed by atoms with Crippen molar-refractivity contribution in [2.24, 2.45) is 0 Å². The van der Waals surface area contributed by atoms with Gasteiger partial charge in [0, 0.05) is 6.61 Å². The Kier molecular flexibility index (Phi) is 5.72. The van der Waals surface area contributed by atoms with Crippen LogP contribution in [0.2, 0.25) is 0 Å². The Morgan fingerprint density at radius 3 is 2.35 bits per heavy atom. The molecule has 0 unspecified atom stereocenters. The minimum Gasteiger partial charge on any atom is -0.478 e. The normalized spacial score (nSPS) is 18.0. The molecule has 2 rings (SSSR count). The van der Waals surface area contributed by atoms with Gasteiger partial charge < -0.3 is 20.2 Å². The van der Waals surface area contributed by atoms with Crippen LogP contribution in [0.3, 0.4) is 0 Å². The van der Waals surface area contributed by atoms with Crippen LogP contribution in [0.15, 0.2) is 41.7 Å². The van der Waals surface area contributed by atoms with Crippen molar-refractivity contribution in [3.8, 4) is 0 Å². The largest absolute Gasteiger partial charge is 0.478 e. The van der Waals surface area contributed by atoms with E-state index in [9.17, 15) is 19.8 Å².